The second-order valence-corrected chi connectivity index (χ2v) is 7.36. The minimum atomic E-state index is -0.00981. The van der Waals surface area contributed by atoms with Crippen LogP contribution in [0.4, 0.5) is 10.5 Å². The van der Waals surface area contributed by atoms with Gasteiger partial charge in [0.25, 0.3) is 0 Å². The summed E-state index contributed by atoms with van der Waals surface area (Å²) in [5, 5.41) is 3.08. The van der Waals surface area contributed by atoms with Crippen LogP contribution in [0.25, 0.3) is 0 Å². The highest BCUT2D eigenvalue weighted by Gasteiger charge is 2.28. The third-order valence-corrected chi connectivity index (χ3v) is 5.42. The van der Waals surface area contributed by atoms with Crippen molar-refractivity contribution in [2.24, 2.45) is 0 Å². The van der Waals surface area contributed by atoms with Crippen LogP contribution in [0.3, 0.4) is 0 Å². The Morgan fingerprint density at radius 2 is 2.04 bits per heavy atom. The van der Waals surface area contributed by atoms with E-state index in [0.29, 0.717) is 6.42 Å². The van der Waals surface area contributed by atoms with Crippen molar-refractivity contribution in [3.05, 3.63) is 29.3 Å². The zero-order valence-electron chi connectivity index (χ0n) is 15.4. The lowest BCUT2D eigenvalue weighted by Crippen LogP contribution is -2.47. The van der Waals surface area contributed by atoms with Gasteiger partial charge in [-0.2, -0.15) is 0 Å². The van der Waals surface area contributed by atoms with Crippen LogP contribution in [0.1, 0.15) is 49.7 Å². The molecule has 2 fully saturated rings. The molecule has 1 aromatic carbocycles. The number of rotatable bonds is 4. The molecule has 0 saturated carbocycles. The fraction of sp³-hybridized carbons (Fsp3) is 0.600. The van der Waals surface area contributed by atoms with E-state index in [1.807, 2.05) is 28.9 Å². The van der Waals surface area contributed by atoms with Gasteiger partial charge >= 0.3 is 6.03 Å². The fourth-order valence-corrected chi connectivity index (χ4v) is 3.95. The first-order valence-corrected chi connectivity index (χ1v) is 9.47. The number of anilines is 1. The molecule has 0 spiro atoms. The van der Waals surface area contributed by atoms with Gasteiger partial charge in [-0.15, -0.1) is 0 Å². The maximum absolute atomic E-state index is 12.8. The molecule has 5 heteroatoms. The number of hydrogen-bond acceptors (Lipinski definition) is 2. The second kappa shape index (κ2) is 7.89. The predicted octanol–water partition coefficient (Wildman–Crippen LogP) is 3.70. The van der Waals surface area contributed by atoms with Gasteiger partial charge < -0.3 is 15.1 Å². The number of hydrogen-bond donors (Lipinski definition) is 1. The predicted molar refractivity (Wildman–Crippen MR) is 99.7 cm³/mol. The zero-order valence-corrected chi connectivity index (χ0v) is 15.4. The Labute approximate surface area is 150 Å². The zero-order chi connectivity index (χ0) is 17.8. The molecule has 0 unspecified atom stereocenters. The number of amides is 3. The van der Waals surface area contributed by atoms with E-state index in [2.05, 4.69) is 18.3 Å². The largest absolute Gasteiger partial charge is 0.343 e. The van der Waals surface area contributed by atoms with Crippen LogP contribution in [0.5, 0.6) is 0 Å². The summed E-state index contributed by atoms with van der Waals surface area (Å²) in [7, 11) is 0. The van der Waals surface area contributed by atoms with Crippen LogP contribution in [0, 0.1) is 13.8 Å². The van der Waals surface area contributed by atoms with Crippen molar-refractivity contribution in [3.63, 3.8) is 0 Å². The highest BCUT2D eigenvalue weighted by atomic mass is 16.2. The molecule has 2 aliphatic heterocycles. The number of nitrogens with zero attached hydrogens (tertiary/aromatic N) is 2. The summed E-state index contributed by atoms with van der Waals surface area (Å²) in [6, 6.07) is 6.31. The topological polar surface area (TPSA) is 52.7 Å². The Hall–Kier alpha value is -2.04. The number of likely N-dealkylation sites (tertiary alicyclic amines) is 2. The highest BCUT2D eigenvalue weighted by molar-refractivity contribution is 5.90. The molecule has 0 bridgehead atoms. The number of aryl methyl sites for hydroxylation is 2. The molecular weight excluding hydrogens is 314 g/mol. The summed E-state index contributed by atoms with van der Waals surface area (Å²) in [4.78, 5) is 28.5. The average molecular weight is 343 g/mol. The van der Waals surface area contributed by atoms with Crippen LogP contribution in [0.2, 0.25) is 0 Å². The molecule has 5 nitrogen and oxygen atoms in total. The maximum Gasteiger partial charge on any atom is 0.322 e. The average Bonchev–Trinajstić information content (AvgIpc) is 3.01. The lowest BCUT2D eigenvalue weighted by Gasteiger charge is -2.36. The van der Waals surface area contributed by atoms with E-state index in [1.165, 1.54) is 5.56 Å². The van der Waals surface area contributed by atoms with Gasteiger partial charge in [0.05, 0.1) is 0 Å². The second-order valence-electron chi connectivity index (χ2n) is 7.36. The number of piperidine rings is 1. The molecule has 136 valence electrons. The van der Waals surface area contributed by atoms with Crippen molar-refractivity contribution in [1.82, 2.24) is 9.80 Å². The van der Waals surface area contributed by atoms with Crippen LogP contribution < -0.4 is 5.32 Å². The Bertz CT molecular complexity index is 644. The summed E-state index contributed by atoms with van der Waals surface area (Å²) < 4.78 is 0. The summed E-state index contributed by atoms with van der Waals surface area (Å²) in [6.07, 6.45) is 5.78. The van der Waals surface area contributed by atoms with Crippen LogP contribution in [0.15, 0.2) is 18.2 Å². The third-order valence-electron chi connectivity index (χ3n) is 5.42. The van der Waals surface area contributed by atoms with E-state index in [1.54, 1.807) is 0 Å². The molecule has 1 aromatic rings. The van der Waals surface area contributed by atoms with Gasteiger partial charge in [-0.1, -0.05) is 17.7 Å². The standard InChI is InChI=1S/C20H29N3O2/c1-15-8-9-18(16(2)14-15)21-20(25)23-12-4-3-6-17(23)10-13-22-11-5-7-19(22)24/h8-9,14,17H,3-7,10-13H2,1-2H3,(H,21,25)/t17-/m0/s1. The molecule has 2 heterocycles. The monoisotopic (exact) mass is 343 g/mol. The van der Waals surface area contributed by atoms with Crippen molar-refractivity contribution in [2.75, 3.05) is 25.0 Å². The van der Waals surface area contributed by atoms with Crippen molar-refractivity contribution in [2.45, 2.75) is 58.4 Å². The first-order chi connectivity index (χ1) is 12.0. The molecule has 0 aromatic heterocycles. The Balaban J connectivity index is 1.61. The molecule has 2 aliphatic rings. The van der Waals surface area contributed by atoms with E-state index in [-0.39, 0.29) is 18.0 Å². The lowest BCUT2D eigenvalue weighted by molar-refractivity contribution is -0.127. The number of benzene rings is 1. The van der Waals surface area contributed by atoms with Gasteiger partial charge in [-0.3, -0.25) is 4.79 Å². The highest BCUT2D eigenvalue weighted by Crippen LogP contribution is 2.23. The molecule has 1 atom stereocenters. The number of nitrogens with one attached hydrogen (secondary N) is 1. The van der Waals surface area contributed by atoms with E-state index in [9.17, 15) is 9.59 Å². The van der Waals surface area contributed by atoms with Gasteiger partial charge in [0, 0.05) is 37.8 Å². The van der Waals surface area contributed by atoms with Gasteiger partial charge in [0.2, 0.25) is 5.91 Å². The van der Waals surface area contributed by atoms with Crippen LogP contribution in [-0.4, -0.2) is 47.4 Å². The van der Waals surface area contributed by atoms with Crippen LogP contribution >= 0.6 is 0 Å². The SMILES string of the molecule is Cc1ccc(NC(=O)N2CCCC[C@H]2CCN2CCCC2=O)c(C)c1. The smallest absolute Gasteiger partial charge is 0.322 e. The molecular formula is C20H29N3O2. The first-order valence-electron chi connectivity index (χ1n) is 9.47. The first kappa shape index (κ1) is 17.8. The Kier molecular flexibility index (Phi) is 5.61. The quantitative estimate of drug-likeness (QED) is 0.906. The van der Waals surface area contributed by atoms with E-state index < -0.39 is 0 Å². The Morgan fingerprint density at radius 3 is 2.76 bits per heavy atom. The van der Waals surface area contributed by atoms with E-state index in [4.69, 9.17) is 0 Å². The molecule has 3 rings (SSSR count). The van der Waals surface area contributed by atoms with Crippen molar-refractivity contribution in [1.29, 1.82) is 0 Å². The van der Waals surface area contributed by atoms with Gasteiger partial charge in [-0.25, -0.2) is 4.79 Å². The van der Waals surface area contributed by atoms with Crippen molar-refractivity contribution >= 4 is 17.6 Å². The fourth-order valence-electron chi connectivity index (χ4n) is 3.95. The summed E-state index contributed by atoms with van der Waals surface area (Å²) in [5.74, 6) is 0.266. The van der Waals surface area contributed by atoms with Gasteiger partial charge in [0.15, 0.2) is 0 Å². The minimum Gasteiger partial charge on any atom is -0.343 e. The number of carbonyl (C=O) groups excluding carboxylic acids is 2. The van der Waals surface area contributed by atoms with Crippen LogP contribution in [-0.2, 0) is 4.79 Å². The molecule has 2 saturated heterocycles. The number of urea groups is 1. The van der Waals surface area contributed by atoms with Gasteiger partial charge in [0.1, 0.15) is 0 Å². The van der Waals surface area contributed by atoms with E-state index in [0.717, 1.165) is 63.0 Å². The number of carbonyl (C=O) groups is 2. The lowest BCUT2D eigenvalue weighted by atomic mass is 9.99. The third kappa shape index (κ3) is 4.33. The van der Waals surface area contributed by atoms with E-state index >= 15 is 0 Å². The van der Waals surface area contributed by atoms with Gasteiger partial charge in [-0.05, 0) is 57.6 Å². The molecule has 3 amide bonds. The van der Waals surface area contributed by atoms with Crippen molar-refractivity contribution in [3.8, 4) is 0 Å². The minimum absolute atomic E-state index is 0.00981. The molecule has 0 aliphatic carbocycles. The summed E-state index contributed by atoms with van der Waals surface area (Å²) in [6.45, 7) is 6.53. The molecule has 1 N–H and O–H groups in total. The maximum atomic E-state index is 12.8. The van der Waals surface area contributed by atoms with Crippen molar-refractivity contribution < 1.29 is 9.59 Å². The molecule has 25 heavy (non-hydrogen) atoms. The normalized spacial score (nSPS) is 20.9. The molecule has 0 radical (unpaired) electrons. The summed E-state index contributed by atoms with van der Waals surface area (Å²) in [5.41, 5.74) is 3.17. The Morgan fingerprint density at radius 1 is 1.20 bits per heavy atom. The summed E-state index contributed by atoms with van der Waals surface area (Å²) >= 11 is 0.